The molecule has 1 aromatic heterocycles. The summed E-state index contributed by atoms with van der Waals surface area (Å²) in [6.07, 6.45) is 5.11. The van der Waals surface area contributed by atoms with Gasteiger partial charge in [0.05, 0.1) is 12.6 Å². The Kier molecular flexibility index (Phi) is 4.94. The zero-order chi connectivity index (χ0) is 14.5. The number of hydrogen-bond donors (Lipinski definition) is 1. The summed E-state index contributed by atoms with van der Waals surface area (Å²) in [4.78, 5) is 0. The molecule has 1 aliphatic rings. The quantitative estimate of drug-likeness (QED) is 0.699. The summed E-state index contributed by atoms with van der Waals surface area (Å²) in [6, 6.07) is 10.4. The molecule has 3 heteroatoms. The lowest BCUT2D eigenvalue weighted by Gasteiger charge is -2.16. The maximum atomic E-state index is 5.98. The molecule has 0 spiro atoms. The van der Waals surface area contributed by atoms with E-state index in [2.05, 4.69) is 24.4 Å². The fourth-order valence-corrected chi connectivity index (χ4v) is 2.59. The van der Waals surface area contributed by atoms with Gasteiger partial charge in [0.1, 0.15) is 11.3 Å². The lowest BCUT2D eigenvalue weighted by Crippen LogP contribution is -2.26. The summed E-state index contributed by atoms with van der Waals surface area (Å²) in [5.41, 5.74) is 0.953. The maximum absolute atomic E-state index is 5.98. The fraction of sp³-hybridized carbons (Fsp3) is 0.556. The van der Waals surface area contributed by atoms with Crippen molar-refractivity contribution in [3.05, 3.63) is 36.1 Å². The van der Waals surface area contributed by atoms with Crippen LogP contribution in [0.1, 0.15) is 44.4 Å². The van der Waals surface area contributed by atoms with Gasteiger partial charge in [-0.2, -0.15) is 0 Å². The third kappa shape index (κ3) is 4.08. The molecule has 0 aliphatic heterocycles. The second-order valence-electron chi connectivity index (χ2n) is 6.00. The number of benzene rings is 1. The lowest BCUT2D eigenvalue weighted by atomic mass is 10.2. The number of rotatable bonds is 9. The predicted octanol–water partition coefficient (Wildman–Crippen LogP) is 4.29. The van der Waals surface area contributed by atoms with E-state index in [0.29, 0.717) is 6.61 Å². The van der Waals surface area contributed by atoms with Gasteiger partial charge in [-0.05, 0) is 37.4 Å². The minimum Gasteiger partial charge on any atom is -0.459 e. The average molecular weight is 287 g/mol. The first-order valence-electron chi connectivity index (χ1n) is 8.16. The zero-order valence-electron chi connectivity index (χ0n) is 12.8. The molecule has 0 saturated heterocycles. The molecule has 0 radical (unpaired) electrons. The second kappa shape index (κ2) is 7.10. The molecule has 1 atom stereocenters. The molecule has 21 heavy (non-hydrogen) atoms. The van der Waals surface area contributed by atoms with Gasteiger partial charge in [0.2, 0.25) is 0 Å². The molecule has 3 nitrogen and oxygen atoms in total. The highest BCUT2D eigenvalue weighted by Gasteiger charge is 2.21. The van der Waals surface area contributed by atoms with Gasteiger partial charge in [0, 0.05) is 12.0 Å². The van der Waals surface area contributed by atoms with Gasteiger partial charge in [-0.15, -0.1) is 0 Å². The summed E-state index contributed by atoms with van der Waals surface area (Å²) >= 11 is 0. The molecule has 0 bridgehead atoms. The minimum atomic E-state index is 0.150. The van der Waals surface area contributed by atoms with Gasteiger partial charge >= 0.3 is 0 Å². The molecule has 1 saturated carbocycles. The van der Waals surface area contributed by atoms with Crippen LogP contribution in [-0.2, 0) is 4.74 Å². The predicted molar refractivity (Wildman–Crippen MR) is 85.4 cm³/mol. The first kappa shape index (κ1) is 14.6. The third-order valence-corrected chi connectivity index (χ3v) is 4.08. The van der Waals surface area contributed by atoms with Crippen LogP contribution in [-0.4, -0.2) is 19.8 Å². The Hall–Kier alpha value is -1.32. The first-order valence-corrected chi connectivity index (χ1v) is 8.16. The summed E-state index contributed by atoms with van der Waals surface area (Å²) < 4.78 is 11.8. The number of nitrogens with one attached hydrogen (secondary N) is 1. The van der Waals surface area contributed by atoms with Gasteiger partial charge in [-0.1, -0.05) is 38.0 Å². The summed E-state index contributed by atoms with van der Waals surface area (Å²) in [5, 5.41) is 4.69. The van der Waals surface area contributed by atoms with Crippen LogP contribution in [0.15, 0.2) is 34.7 Å². The van der Waals surface area contributed by atoms with Crippen LogP contribution in [0.5, 0.6) is 0 Å². The smallest absolute Gasteiger partial charge is 0.134 e. The SMILES string of the molecule is CCCNC(COCCC1CC1)c1cc2ccccc2o1. The highest BCUT2D eigenvalue weighted by Crippen LogP contribution is 2.32. The van der Waals surface area contributed by atoms with Crippen molar-refractivity contribution in [3.63, 3.8) is 0 Å². The Morgan fingerprint density at radius 2 is 2.19 bits per heavy atom. The van der Waals surface area contributed by atoms with E-state index < -0.39 is 0 Å². The van der Waals surface area contributed by atoms with Gasteiger partial charge in [-0.25, -0.2) is 0 Å². The van der Waals surface area contributed by atoms with Crippen molar-refractivity contribution in [3.8, 4) is 0 Å². The van der Waals surface area contributed by atoms with Crippen LogP contribution in [0.4, 0.5) is 0 Å². The Morgan fingerprint density at radius 3 is 2.95 bits per heavy atom. The molecule has 1 N–H and O–H groups in total. The summed E-state index contributed by atoms with van der Waals surface area (Å²) in [7, 11) is 0. The van der Waals surface area contributed by atoms with Crippen molar-refractivity contribution in [1.82, 2.24) is 5.32 Å². The van der Waals surface area contributed by atoms with Gasteiger partial charge in [-0.3, -0.25) is 0 Å². The number of fused-ring (bicyclic) bond motifs is 1. The zero-order valence-corrected chi connectivity index (χ0v) is 12.8. The van der Waals surface area contributed by atoms with E-state index in [1.54, 1.807) is 0 Å². The molecule has 114 valence electrons. The van der Waals surface area contributed by atoms with Crippen molar-refractivity contribution in [2.45, 2.75) is 38.6 Å². The highest BCUT2D eigenvalue weighted by atomic mass is 16.5. The molecule has 1 unspecified atom stereocenters. The molecule has 1 aromatic carbocycles. The maximum Gasteiger partial charge on any atom is 0.134 e. The van der Waals surface area contributed by atoms with E-state index in [-0.39, 0.29) is 6.04 Å². The molecule has 1 aliphatic carbocycles. The van der Waals surface area contributed by atoms with E-state index in [0.717, 1.165) is 42.2 Å². The summed E-state index contributed by atoms with van der Waals surface area (Å²) in [6.45, 7) is 4.71. The molecular weight excluding hydrogens is 262 g/mol. The minimum absolute atomic E-state index is 0.150. The summed E-state index contributed by atoms with van der Waals surface area (Å²) in [5.74, 6) is 1.91. The lowest BCUT2D eigenvalue weighted by molar-refractivity contribution is 0.101. The van der Waals surface area contributed by atoms with Crippen LogP contribution >= 0.6 is 0 Å². The van der Waals surface area contributed by atoms with Gasteiger partial charge in [0.25, 0.3) is 0 Å². The first-order chi connectivity index (χ1) is 10.4. The van der Waals surface area contributed by atoms with Crippen molar-refractivity contribution in [1.29, 1.82) is 0 Å². The van der Waals surface area contributed by atoms with Crippen LogP contribution < -0.4 is 5.32 Å². The van der Waals surface area contributed by atoms with Crippen molar-refractivity contribution in [2.24, 2.45) is 5.92 Å². The number of para-hydroxylation sites is 1. The second-order valence-corrected chi connectivity index (χ2v) is 6.00. The molecule has 2 aromatic rings. The van der Waals surface area contributed by atoms with Crippen LogP contribution in [0.25, 0.3) is 11.0 Å². The number of ether oxygens (including phenoxy) is 1. The molecule has 0 amide bonds. The Labute approximate surface area is 126 Å². The molecule has 1 heterocycles. The normalized spacial score (nSPS) is 16.4. The van der Waals surface area contributed by atoms with E-state index in [4.69, 9.17) is 9.15 Å². The Bertz CT molecular complexity index is 526. The average Bonchev–Trinajstić information content (AvgIpc) is 3.23. The topological polar surface area (TPSA) is 34.4 Å². The van der Waals surface area contributed by atoms with E-state index in [1.807, 2.05) is 18.2 Å². The van der Waals surface area contributed by atoms with Crippen molar-refractivity contribution >= 4 is 11.0 Å². The molecule has 3 rings (SSSR count). The van der Waals surface area contributed by atoms with E-state index in [1.165, 1.54) is 19.3 Å². The van der Waals surface area contributed by atoms with Crippen LogP contribution in [0, 0.1) is 5.92 Å². The van der Waals surface area contributed by atoms with Crippen LogP contribution in [0.2, 0.25) is 0 Å². The number of furan rings is 1. The third-order valence-electron chi connectivity index (χ3n) is 4.08. The standard InChI is InChI=1S/C18H25NO2/c1-2-10-19-16(13-20-11-9-14-7-8-14)18-12-15-5-3-4-6-17(15)21-18/h3-6,12,14,16,19H,2,7-11,13H2,1H3. The monoisotopic (exact) mass is 287 g/mol. The van der Waals surface area contributed by atoms with E-state index >= 15 is 0 Å². The van der Waals surface area contributed by atoms with Gasteiger partial charge < -0.3 is 14.5 Å². The fourth-order valence-electron chi connectivity index (χ4n) is 2.59. The van der Waals surface area contributed by atoms with Crippen LogP contribution in [0.3, 0.4) is 0 Å². The Balaban J connectivity index is 1.61. The van der Waals surface area contributed by atoms with Crippen molar-refractivity contribution in [2.75, 3.05) is 19.8 Å². The van der Waals surface area contributed by atoms with Crippen molar-refractivity contribution < 1.29 is 9.15 Å². The highest BCUT2D eigenvalue weighted by molar-refractivity contribution is 5.77. The largest absolute Gasteiger partial charge is 0.459 e. The Morgan fingerprint density at radius 1 is 1.33 bits per heavy atom. The molecule has 1 fully saturated rings. The van der Waals surface area contributed by atoms with Gasteiger partial charge in [0.15, 0.2) is 0 Å². The van der Waals surface area contributed by atoms with E-state index in [9.17, 15) is 0 Å². The number of hydrogen-bond acceptors (Lipinski definition) is 3. The molecular formula is C18H25NO2.